The molecular formula is C13H27N3. The van der Waals surface area contributed by atoms with Crippen LogP contribution in [0.5, 0.6) is 0 Å². The zero-order valence-corrected chi connectivity index (χ0v) is 11.7. The van der Waals surface area contributed by atoms with Crippen molar-refractivity contribution >= 4 is 0 Å². The lowest BCUT2D eigenvalue weighted by Crippen LogP contribution is -2.46. The summed E-state index contributed by atoms with van der Waals surface area (Å²) in [7, 11) is 4.20. The zero-order chi connectivity index (χ0) is 12.8. The van der Waals surface area contributed by atoms with Crippen LogP contribution in [0, 0.1) is 16.7 Å². The van der Waals surface area contributed by atoms with Crippen LogP contribution in [0.25, 0.3) is 0 Å². The highest BCUT2D eigenvalue weighted by molar-refractivity contribution is 4.91. The summed E-state index contributed by atoms with van der Waals surface area (Å²) in [5.41, 5.74) is 0.00346. The van der Waals surface area contributed by atoms with Crippen molar-refractivity contribution in [2.45, 2.75) is 46.1 Å². The number of hydrogen-bond donors (Lipinski definition) is 1. The van der Waals surface area contributed by atoms with Crippen LogP contribution in [0.3, 0.4) is 0 Å². The van der Waals surface area contributed by atoms with Crippen molar-refractivity contribution in [2.75, 3.05) is 27.2 Å². The SMILES string of the molecule is CN(C)C(C)(C)CNCCCC(C)(C)C#N. The predicted molar refractivity (Wildman–Crippen MR) is 69.3 cm³/mol. The number of rotatable bonds is 7. The van der Waals surface area contributed by atoms with E-state index < -0.39 is 0 Å². The Labute approximate surface area is 101 Å². The molecule has 3 heteroatoms. The maximum absolute atomic E-state index is 8.88. The third-order valence-electron chi connectivity index (χ3n) is 3.23. The fourth-order valence-electron chi connectivity index (χ4n) is 1.26. The highest BCUT2D eigenvalue weighted by Gasteiger charge is 2.20. The number of nitriles is 1. The van der Waals surface area contributed by atoms with Crippen molar-refractivity contribution in [3.8, 4) is 6.07 Å². The molecule has 0 aliphatic heterocycles. The summed E-state index contributed by atoms with van der Waals surface area (Å²) in [6, 6.07) is 2.33. The van der Waals surface area contributed by atoms with E-state index in [1.807, 2.05) is 13.8 Å². The summed E-state index contributed by atoms with van der Waals surface area (Å²) < 4.78 is 0. The first-order chi connectivity index (χ1) is 7.21. The van der Waals surface area contributed by atoms with Gasteiger partial charge in [-0.2, -0.15) is 5.26 Å². The largest absolute Gasteiger partial charge is 0.315 e. The average molecular weight is 225 g/mol. The van der Waals surface area contributed by atoms with E-state index in [1.54, 1.807) is 0 Å². The summed E-state index contributed by atoms with van der Waals surface area (Å²) in [4.78, 5) is 2.22. The van der Waals surface area contributed by atoms with Gasteiger partial charge in [-0.05, 0) is 61.2 Å². The third-order valence-corrected chi connectivity index (χ3v) is 3.23. The fraction of sp³-hybridized carbons (Fsp3) is 0.923. The molecule has 0 bridgehead atoms. The predicted octanol–water partition coefficient (Wildman–Crippen LogP) is 2.25. The lowest BCUT2D eigenvalue weighted by Gasteiger charge is -2.32. The Hall–Kier alpha value is -0.590. The number of hydrogen-bond acceptors (Lipinski definition) is 3. The summed E-state index contributed by atoms with van der Waals surface area (Å²) in [6.07, 6.45) is 2.02. The van der Waals surface area contributed by atoms with Gasteiger partial charge in [0.15, 0.2) is 0 Å². The molecule has 0 aromatic rings. The molecular weight excluding hydrogens is 198 g/mol. The van der Waals surface area contributed by atoms with Crippen LogP contribution in [0.2, 0.25) is 0 Å². The van der Waals surface area contributed by atoms with Crippen LogP contribution in [0.1, 0.15) is 40.5 Å². The molecule has 0 atom stereocenters. The minimum Gasteiger partial charge on any atom is -0.315 e. The molecule has 1 N–H and O–H groups in total. The average Bonchev–Trinajstić information content (AvgIpc) is 2.16. The lowest BCUT2D eigenvalue weighted by molar-refractivity contribution is 0.189. The second-order valence-electron chi connectivity index (χ2n) is 5.98. The molecule has 3 nitrogen and oxygen atoms in total. The second kappa shape index (κ2) is 6.22. The molecule has 0 radical (unpaired) electrons. The maximum atomic E-state index is 8.88. The first kappa shape index (κ1) is 15.4. The highest BCUT2D eigenvalue weighted by atomic mass is 15.2. The van der Waals surface area contributed by atoms with Gasteiger partial charge in [0.05, 0.1) is 11.5 Å². The number of likely N-dealkylation sites (N-methyl/N-ethyl adjacent to an activating group) is 1. The van der Waals surface area contributed by atoms with Crippen molar-refractivity contribution in [1.29, 1.82) is 5.26 Å². The van der Waals surface area contributed by atoms with Gasteiger partial charge in [-0.1, -0.05) is 0 Å². The van der Waals surface area contributed by atoms with Gasteiger partial charge in [-0.3, -0.25) is 0 Å². The first-order valence-corrected chi connectivity index (χ1v) is 6.01. The third kappa shape index (κ3) is 6.09. The molecule has 0 fully saturated rings. The highest BCUT2D eigenvalue weighted by Crippen LogP contribution is 2.20. The molecule has 0 aromatic carbocycles. The van der Waals surface area contributed by atoms with Crippen molar-refractivity contribution in [1.82, 2.24) is 10.2 Å². The topological polar surface area (TPSA) is 39.1 Å². The van der Waals surface area contributed by atoms with E-state index in [2.05, 4.69) is 44.2 Å². The summed E-state index contributed by atoms with van der Waals surface area (Å²) >= 11 is 0. The van der Waals surface area contributed by atoms with Crippen molar-refractivity contribution < 1.29 is 0 Å². The molecule has 0 heterocycles. The van der Waals surface area contributed by atoms with Gasteiger partial charge in [-0.15, -0.1) is 0 Å². The summed E-state index contributed by atoms with van der Waals surface area (Å²) in [5.74, 6) is 0. The van der Waals surface area contributed by atoms with E-state index in [0.717, 1.165) is 25.9 Å². The van der Waals surface area contributed by atoms with Crippen LogP contribution in [-0.4, -0.2) is 37.6 Å². The minimum atomic E-state index is -0.182. The van der Waals surface area contributed by atoms with E-state index in [9.17, 15) is 0 Å². The molecule has 0 spiro atoms. The molecule has 16 heavy (non-hydrogen) atoms. The van der Waals surface area contributed by atoms with Gasteiger partial charge in [0.2, 0.25) is 0 Å². The lowest BCUT2D eigenvalue weighted by atomic mass is 9.90. The molecule has 94 valence electrons. The monoisotopic (exact) mass is 225 g/mol. The number of nitrogens with one attached hydrogen (secondary N) is 1. The fourth-order valence-corrected chi connectivity index (χ4v) is 1.26. The van der Waals surface area contributed by atoms with Crippen LogP contribution < -0.4 is 5.32 Å². The maximum Gasteiger partial charge on any atom is 0.0683 e. The molecule has 0 saturated carbocycles. The van der Waals surface area contributed by atoms with E-state index >= 15 is 0 Å². The van der Waals surface area contributed by atoms with Gasteiger partial charge in [0, 0.05) is 12.1 Å². The summed E-state index contributed by atoms with van der Waals surface area (Å²) in [6.45, 7) is 10.4. The van der Waals surface area contributed by atoms with Crippen LogP contribution in [0.15, 0.2) is 0 Å². The van der Waals surface area contributed by atoms with Crippen LogP contribution in [0.4, 0.5) is 0 Å². The smallest absolute Gasteiger partial charge is 0.0683 e. The molecule has 0 aliphatic carbocycles. The van der Waals surface area contributed by atoms with Crippen molar-refractivity contribution in [3.05, 3.63) is 0 Å². The van der Waals surface area contributed by atoms with Gasteiger partial charge >= 0.3 is 0 Å². The Balaban J connectivity index is 3.67. The molecule has 0 saturated heterocycles. The van der Waals surface area contributed by atoms with Crippen molar-refractivity contribution in [2.24, 2.45) is 5.41 Å². The molecule has 0 rings (SSSR count). The summed E-state index contributed by atoms with van der Waals surface area (Å²) in [5, 5.41) is 12.3. The van der Waals surface area contributed by atoms with Crippen LogP contribution in [-0.2, 0) is 0 Å². The Morgan fingerprint density at radius 1 is 1.19 bits per heavy atom. The Kier molecular flexibility index (Phi) is 5.99. The Bertz CT molecular complexity index is 236. The standard InChI is InChI=1S/C13H27N3/c1-12(2,10-14)8-7-9-15-11-13(3,4)16(5)6/h15H,7-9,11H2,1-6H3. The van der Waals surface area contributed by atoms with Gasteiger partial charge in [-0.25, -0.2) is 0 Å². The molecule has 0 unspecified atom stereocenters. The number of nitrogens with zero attached hydrogens (tertiary/aromatic N) is 2. The van der Waals surface area contributed by atoms with E-state index in [-0.39, 0.29) is 11.0 Å². The second-order valence-corrected chi connectivity index (χ2v) is 5.98. The van der Waals surface area contributed by atoms with Gasteiger partial charge in [0.1, 0.15) is 0 Å². The Morgan fingerprint density at radius 2 is 1.75 bits per heavy atom. The first-order valence-electron chi connectivity index (χ1n) is 6.01. The molecule has 0 aliphatic rings. The molecule has 0 amide bonds. The quantitative estimate of drug-likeness (QED) is 0.675. The normalized spacial score (nSPS) is 12.9. The van der Waals surface area contributed by atoms with Crippen LogP contribution >= 0.6 is 0 Å². The molecule has 0 aromatic heterocycles. The van der Waals surface area contributed by atoms with E-state index in [0.29, 0.717) is 0 Å². The van der Waals surface area contributed by atoms with Gasteiger partial charge < -0.3 is 10.2 Å². The minimum absolute atomic E-state index is 0.182. The van der Waals surface area contributed by atoms with E-state index in [4.69, 9.17) is 5.26 Å². The van der Waals surface area contributed by atoms with Crippen molar-refractivity contribution in [3.63, 3.8) is 0 Å². The Morgan fingerprint density at radius 3 is 2.19 bits per heavy atom. The van der Waals surface area contributed by atoms with Gasteiger partial charge in [0.25, 0.3) is 0 Å². The zero-order valence-electron chi connectivity index (χ0n) is 11.7. The van der Waals surface area contributed by atoms with E-state index in [1.165, 1.54) is 0 Å².